The average Bonchev–Trinajstić information content (AvgIpc) is 3.25. The van der Waals surface area contributed by atoms with Gasteiger partial charge in [0.2, 0.25) is 5.91 Å². The highest BCUT2D eigenvalue weighted by molar-refractivity contribution is 5.78. The molecule has 24 heavy (non-hydrogen) atoms. The molecule has 0 aromatic carbocycles. The number of aromatic nitrogens is 3. The molecule has 134 valence electrons. The number of carbonyl (C=O) groups excluding carboxylic acids is 1. The van der Waals surface area contributed by atoms with Gasteiger partial charge in [-0.05, 0) is 12.8 Å². The van der Waals surface area contributed by atoms with E-state index in [-0.39, 0.29) is 24.0 Å². The van der Waals surface area contributed by atoms with Gasteiger partial charge in [0.15, 0.2) is 11.6 Å². The fourth-order valence-corrected chi connectivity index (χ4v) is 2.99. The minimum atomic E-state index is -0.162. The van der Waals surface area contributed by atoms with Gasteiger partial charge < -0.3 is 14.8 Å². The molecule has 0 aliphatic carbocycles. The van der Waals surface area contributed by atoms with Crippen LogP contribution in [-0.2, 0) is 14.3 Å². The Bertz CT molecular complexity index is 542. The summed E-state index contributed by atoms with van der Waals surface area (Å²) in [6.07, 6.45) is 2.13. The molecule has 3 rings (SSSR count). The lowest BCUT2D eigenvalue weighted by Gasteiger charge is -2.31. The number of carbonyl (C=O) groups is 1. The molecule has 8 nitrogen and oxygen atoms in total. The summed E-state index contributed by atoms with van der Waals surface area (Å²) >= 11 is 0. The molecule has 2 N–H and O–H groups in total. The van der Waals surface area contributed by atoms with Crippen LogP contribution in [0.3, 0.4) is 0 Å². The topological polar surface area (TPSA) is 92.4 Å². The van der Waals surface area contributed by atoms with Crippen molar-refractivity contribution in [1.29, 1.82) is 0 Å². The van der Waals surface area contributed by atoms with Crippen molar-refractivity contribution in [2.75, 3.05) is 39.4 Å². The van der Waals surface area contributed by atoms with E-state index in [1.807, 2.05) is 0 Å². The van der Waals surface area contributed by atoms with Crippen LogP contribution in [0.25, 0.3) is 0 Å². The Labute approximate surface area is 142 Å². The lowest BCUT2D eigenvalue weighted by Crippen LogP contribution is -2.45. The maximum Gasteiger partial charge on any atom is 0.234 e. The Morgan fingerprint density at radius 3 is 3.00 bits per heavy atom. The number of nitrogens with zero attached hydrogens (tertiary/aromatic N) is 3. The number of aromatic amines is 1. The van der Waals surface area contributed by atoms with Crippen molar-refractivity contribution < 1.29 is 14.3 Å². The number of nitrogens with one attached hydrogen (secondary N) is 2. The number of ether oxygens (including phenoxy) is 2. The maximum atomic E-state index is 12.1. The van der Waals surface area contributed by atoms with Crippen molar-refractivity contribution in [3.63, 3.8) is 0 Å². The van der Waals surface area contributed by atoms with E-state index in [0.717, 1.165) is 37.6 Å². The van der Waals surface area contributed by atoms with E-state index >= 15 is 0 Å². The average molecular weight is 337 g/mol. The van der Waals surface area contributed by atoms with Gasteiger partial charge in [-0.2, -0.15) is 5.10 Å². The fraction of sp³-hybridized carbons (Fsp3) is 0.812. The molecule has 2 aliphatic rings. The van der Waals surface area contributed by atoms with Gasteiger partial charge in [0.05, 0.1) is 19.3 Å². The molecule has 0 unspecified atom stereocenters. The highest BCUT2D eigenvalue weighted by Gasteiger charge is 2.26. The van der Waals surface area contributed by atoms with Crippen molar-refractivity contribution in [3.8, 4) is 0 Å². The van der Waals surface area contributed by atoms with E-state index < -0.39 is 0 Å². The zero-order valence-corrected chi connectivity index (χ0v) is 14.5. The van der Waals surface area contributed by atoms with Gasteiger partial charge in [0, 0.05) is 32.2 Å². The zero-order chi connectivity index (χ0) is 16.9. The van der Waals surface area contributed by atoms with Crippen LogP contribution in [-0.4, -0.2) is 71.5 Å². The third kappa shape index (κ3) is 4.52. The molecular formula is C16H27N5O3. The number of rotatable bonds is 6. The molecule has 2 atom stereocenters. The Morgan fingerprint density at radius 1 is 1.42 bits per heavy atom. The van der Waals surface area contributed by atoms with Crippen LogP contribution in [0.4, 0.5) is 0 Å². The summed E-state index contributed by atoms with van der Waals surface area (Å²) in [6, 6.07) is 0. The van der Waals surface area contributed by atoms with E-state index in [4.69, 9.17) is 9.47 Å². The van der Waals surface area contributed by atoms with Crippen molar-refractivity contribution in [2.24, 2.45) is 0 Å². The van der Waals surface area contributed by atoms with Crippen molar-refractivity contribution in [2.45, 2.75) is 44.8 Å². The molecule has 3 heterocycles. The monoisotopic (exact) mass is 337 g/mol. The first-order valence-electron chi connectivity index (χ1n) is 8.76. The summed E-state index contributed by atoms with van der Waals surface area (Å²) in [5, 5.41) is 10.1. The van der Waals surface area contributed by atoms with Crippen molar-refractivity contribution in [1.82, 2.24) is 25.4 Å². The third-order valence-electron chi connectivity index (χ3n) is 4.41. The molecule has 2 fully saturated rings. The van der Waals surface area contributed by atoms with Crippen molar-refractivity contribution >= 4 is 5.91 Å². The normalized spacial score (nSPS) is 25.3. The quantitative estimate of drug-likeness (QED) is 0.790. The van der Waals surface area contributed by atoms with Crippen LogP contribution < -0.4 is 5.32 Å². The molecule has 0 saturated carbocycles. The van der Waals surface area contributed by atoms with Crippen LogP contribution >= 0.6 is 0 Å². The first-order valence-corrected chi connectivity index (χ1v) is 8.76. The largest absolute Gasteiger partial charge is 0.376 e. The molecule has 1 aromatic heterocycles. The summed E-state index contributed by atoms with van der Waals surface area (Å²) in [6.45, 7) is 7.86. The molecule has 0 radical (unpaired) electrons. The van der Waals surface area contributed by atoms with Crippen LogP contribution in [0.15, 0.2) is 0 Å². The number of H-pyrrole nitrogens is 1. The van der Waals surface area contributed by atoms with Gasteiger partial charge in [-0.15, -0.1) is 0 Å². The lowest BCUT2D eigenvalue weighted by atomic mass is 10.2. The number of morpholine rings is 1. The number of hydrogen-bond donors (Lipinski definition) is 2. The van der Waals surface area contributed by atoms with E-state index in [9.17, 15) is 4.79 Å². The minimum absolute atomic E-state index is 0.0339. The highest BCUT2D eigenvalue weighted by Crippen LogP contribution is 2.20. The summed E-state index contributed by atoms with van der Waals surface area (Å²) in [7, 11) is 0. The molecule has 2 saturated heterocycles. The molecule has 1 aromatic rings. The third-order valence-corrected chi connectivity index (χ3v) is 4.41. The van der Waals surface area contributed by atoms with Gasteiger partial charge in [-0.25, -0.2) is 4.98 Å². The van der Waals surface area contributed by atoms with Gasteiger partial charge in [0.25, 0.3) is 0 Å². The van der Waals surface area contributed by atoms with Crippen LogP contribution in [0, 0.1) is 0 Å². The first-order chi connectivity index (χ1) is 11.6. The predicted molar refractivity (Wildman–Crippen MR) is 87.6 cm³/mol. The SMILES string of the molecule is CC(C)c1n[nH]c([C@@H]2CN(CC(=O)NC[C@H]3CCCO3)CCO2)n1. The lowest BCUT2D eigenvalue weighted by molar-refractivity contribution is -0.125. The molecule has 0 bridgehead atoms. The van der Waals surface area contributed by atoms with E-state index in [2.05, 4.69) is 39.2 Å². The summed E-state index contributed by atoms with van der Waals surface area (Å²) in [5.41, 5.74) is 0. The first kappa shape index (κ1) is 17.3. The number of hydrogen-bond acceptors (Lipinski definition) is 6. The molecule has 8 heteroatoms. The smallest absolute Gasteiger partial charge is 0.234 e. The summed E-state index contributed by atoms with van der Waals surface area (Å²) in [4.78, 5) is 18.7. The number of amides is 1. The van der Waals surface area contributed by atoms with Gasteiger partial charge in [-0.1, -0.05) is 13.8 Å². The molecule has 0 spiro atoms. The standard InChI is InChI=1S/C16H27N5O3/c1-11(2)15-18-16(20-19-15)13-9-21(5-7-24-13)10-14(22)17-8-12-4-3-6-23-12/h11-13H,3-10H2,1-2H3,(H,17,22)(H,18,19,20)/t12-,13+/m1/s1. The summed E-state index contributed by atoms with van der Waals surface area (Å²) in [5.74, 6) is 1.84. The summed E-state index contributed by atoms with van der Waals surface area (Å²) < 4.78 is 11.3. The second kappa shape index (κ2) is 8.04. The molecular weight excluding hydrogens is 310 g/mol. The van der Waals surface area contributed by atoms with Crippen LogP contribution in [0.2, 0.25) is 0 Å². The van der Waals surface area contributed by atoms with Gasteiger partial charge >= 0.3 is 0 Å². The Kier molecular flexibility index (Phi) is 5.80. The van der Waals surface area contributed by atoms with Crippen LogP contribution in [0.5, 0.6) is 0 Å². The van der Waals surface area contributed by atoms with Crippen molar-refractivity contribution in [3.05, 3.63) is 11.6 Å². The van der Waals surface area contributed by atoms with Crippen LogP contribution in [0.1, 0.15) is 50.4 Å². The Hall–Kier alpha value is -1.51. The predicted octanol–water partition coefficient (Wildman–Crippen LogP) is 0.597. The second-order valence-electron chi connectivity index (χ2n) is 6.77. The van der Waals surface area contributed by atoms with E-state index in [0.29, 0.717) is 26.2 Å². The molecule has 2 aliphatic heterocycles. The Morgan fingerprint density at radius 2 is 2.29 bits per heavy atom. The highest BCUT2D eigenvalue weighted by atomic mass is 16.5. The van der Waals surface area contributed by atoms with E-state index in [1.165, 1.54) is 0 Å². The fourth-order valence-electron chi connectivity index (χ4n) is 2.99. The maximum absolute atomic E-state index is 12.1. The Balaban J connectivity index is 1.46. The van der Waals surface area contributed by atoms with Gasteiger partial charge in [-0.3, -0.25) is 14.8 Å². The van der Waals surface area contributed by atoms with Gasteiger partial charge in [0.1, 0.15) is 6.10 Å². The minimum Gasteiger partial charge on any atom is -0.376 e. The zero-order valence-electron chi connectivity index (χ0n) is 14.5. The van der Waals surface area contributed by atoms with E-state index in [1.54, 1.807) is 0 Å². The second-order valence-corrected chi connectivity index (χ2v) is 6.77. The molecule has 1 amide bonds.